The molecule has 1 aromatic carbocycles. The Hall–Kier alpha value is -1.03. The van der Waals surface area contributed by atoms with Gasteiger partial charge in [-0.25, -0.2) is 0 Å². The minimum Gasteiger partial charge on any atom is -0.374 e. The van der Waals surface area contributed by atoms with Gasteiger partial charge in [0.25, 0.3) is 0 Å². The second kappa shape index (κ2) is 6.17. The maximum absolute atomic E-state index is 11.3. The lowest BCUT2D eigenvalue weighted by atomic mass is 9.78. The predicted octanol–water partition coefficient (Wildman–Crippen LogP) is 4.38. The Bertz CT molecular complexity index is 515. The summed E-state index contributed by atoms with van der Waals surface area (Å²) in [4.78, 5) is 13.6. The summed E-state index contributed by atoms with van der Waals surface area (Å²) in [6.45, 7) is 7.16. The van der Waals surface area contributed by atoms with Crippen LogP contribution in [0.4, 0.5) is 11.4 Å². The van der Waals surface area contributed by atoms with Crippen LogP contribution < -0.4 is 10.2 Å². The summed E-state index contributed by atoms with van der Waals surface area (Å²) in [5.74, 6) is 1.27. The maximum Gasteiger partial charge on any atom is 0.221 e. The van der Waals surface area contributed by atoms with Crippen molar-refractivity contribution in [3.05, 3.63) is 22.2 Å². The van der Waals surface area contributed by atoms with Crippen LogP contribution in [0.2, 0.25) is 0 Å². The Balaban J connectivity index is 2.48. The van der Waals surface area contributed by atoms with Gasteiger partial charge in [-0.05, 0) is 51.9 Å². The van der Waals surface area contributed by atoms with E-state index in [1.54, 1.807) is 0 Å². The van der Waals surface area contributed by atoms with Crippen LogP contribution >= 0.6 is 15.9 Å². The molecule has 20 heavy (non-hydrogen) atoms. The number of nitrogens with zero attached hydrogens (tertiary/aromatic N) is 1. The highest BCUT2D eigenvalue weighted by atomic mass is 79.9. The van der Waals surface area contributed by atoms with Crippen LogP contribution in [0.25, 0.3) is 0 Å². The molecule has 1 aliphatic heterocycles. The molecule has 3 nitrogen and oxygen atoms in total. The average Bonchev–Trinajstić information content (AvgIpc) is 2.39. The monoisotopic (exact) mass is 338 g/mol. The molecule has 0 aromatic heterocycles. The van der Waals surface area contributed by atoms with Crippen molar-refractivity contribution in [1.29, 1.82) is 0 Å². The van der Waals surface area contributed by atoms with E-state index >= 15 is 0 Å². The first-order valence-corrected chi connectivity index (χ1v) is 8.09. The van der Waals surface area contributed by atoms with Crippen LogP contribution in [0.5, 0.6) is 0 Å². The van der Waals surface area contributed by atoms with Crippen LogP contribution in [0.3, 0.4) is 0 Å². The SMILES string of the molecule is CCC1CN(C)c2cc(NC(C)=O)c(Br)cc2C1CC. The van der Waals surface area contributed by atoms with Crippen molar-refractivity contribution >= 4 is 33.2 Å². The zero-order chi connectivity index (χ0) is 14.9. The minimum absolute atomic E-state index is 0.0393. The standard InChI is InChI=1S/C16H23BrN2O/c1-5-11-9-19(4)16-8-15(18-10(3)20)14(17)7-13(16)12(11)6-2/h7-8,11-12H,5-6,9H2,1-4H3,(H,18,20). The van der Waals surface area contributed by atoms with Gasteiger partial charge in [-0.1, -0.05) is 20.3 Å². The van der Waals surface area contributed by atoms with E-state index in [-0.39, 0.29) is 5.91 Å². The molecule has 1 amide bonds. The van der Waals surface area contributed by atoms with Crippen molar-refractivity contribution in [3.63, 3.8) is 0 Å². The number of benzene rings is 1. The third kappa shape index (κ3) is 2.85. The quantitative estimate of drug-likeness (QED) is 0.886. The van der Waals surface area contributed by atoms with Crippen LogP contribution in [0, 0.1) is 5.92 Å². The molecule has 110 valence electrons. The molecule has 0 saturated heterocycles. The van der Waals surface area contributed by atoms with Crippen molar-refractivity contribution in [3.8, 4) is 0 Å². The summed E-state index contributed by atoms with van der Waals surface area (Å²) < 4.78 is 0.968. The molecule has 0 spiro atoms. The highest BCUT2D eigenvalue weighted by Gasteiger charge is 2.30. The first kappa shape index (κ1) is 15.4. The molecule has 1 heterocycles. The third-order valence-corrected chi connectivity index (χ3v) is 4.94. The molecule has 4 heteroatoms. The number of rotatable bonds is 3. The number of fused-ring (bicyclic) bond motifs is 1. The topological polar surface area (TPSA) is 32.3 Å². The van der Waals surface area contributed by atoms with Crippen molar-refractivity contribution in [2.45, 2.75) is 39.5 Å². The van der Waals surface area contributed by atoms with E-state index in [1.165, 1.54) is 24.6 Å². The molecule has 2 rings (SSSR count). The van der Waals surface area contributed by atoms with Crippen molar-refractivity contribution in [2.75, 3.05) is 23.8 Å². The Morgan fingerprint density at radius 2 is 2.10 bits per heavy atom. The van der Waals surface area contributed by atoms with Crippen molar-refractivity contribution < 1.29 is 4.79 Å². The van der Waals surface area contributed by atoms with E-state index in [1.807, 2.05) is 0 Å². The molecular weight excluding hydrogens is 316 g/mol. The second-order valence-electron chi connectivity index (χ2n) is 5.64. The van der Waals surface area contributed by atoms with Crippen LogP contribution in [-0.4, -0.2) is 19.5 Å². The highest BCUT2D eigenvalue weighted by molar-refractivity contribution is 9.10. The van der Waals surface area contributed by atoms with Gasteiger partial charge in [-0.2, -0.15) is 0 Å². The summed E-state index contributed by atoms with van der Waals surface area (Å²) in [6.07, 6.45) is 2.36. The molecule has 1 N–H and O–H groups in total. The van der Waals surface area contributed by atoms with Gasteiger partial charge in [0.15, 0.2) is 0 Å². The number of halogens is 1. The fourth-order valence-corrected chi connectivity index (χ4v) is 3.75. The molecule has 2 unspecified atom stereocenters. The summed E-state index contributed by atoms with van der Waals surface area (Å²) >= 11 is 3.59. The van der Waals surface area contributed by atoms with Crippen LogP contribution in [0.15, 0.2) is 16.6 Å². The lowest BCUT2D eigenvalue weighted by molar-refractivity contribution is -0.114. The van der Waals surface area contributed by atoms with Crippen LogP contribution in [0.1, 0.15) is 45.1 Å². The first-order valence-electron chi connectivity index (χ1n) is 7.30. The van der Waals surface area contributed by atoms with Gasteiger partial charge in [0.05, 0.1) is 5.69 Å². The van der Waals surface area contributed by atoms with Gasteiger partial charge in [0.2, 0.25) is 5.91 Å². The Morgan fingerprint density at radius 1 is 1.40 bits per heavy atom. The van der Waals surface area contributed by atoms with Crippen LogP contribution in [-0.2, 0) is 4.79 Å². The molecule has 0 aliphatic carbocycles. The molecule has 0 fully saturated rings. The summed E-state index contributed by atoms with van der Waals surface area (Å²) in [5.41, 5.74) is 3.50. The van der Waals surface area contributed by atoms with Gasteiger partial charge in [-0.15, -0.1) is 0 Å². The Morgan fingerprint density at radius 3 is 2.65 bits per heavy atom. The number of amides is 1. The number of hydrogen-bond acceptors (Lipinski definition) is 2. The predicted molar refractivity (Wildman–Crippen MR) is 88.5 cm³/mol. The molecule has 0 bridgehead atoms. The van der Waals surface area contributed by atoms with Gasteiger partial charge in [-0.3, -0.25) is 4.79 Å². The average molecular weight is 339 g/mol. The summed E-state index contributed by atoms with van der Waals surface area (Å²) in [6, 6.07) is 4.28. The van der Waals surface area contributed by atoms with E-state index in [4.69, 9.17) is 0 Å². The first-order chi connectivity index (χ1) is 9.47. The second-order valence-corrected chi connectivity index (χ2v) is 6.49. The lowest BCUT2D eigenvalue weighted by Crippen LogP contribution is -2.35. The fourth-order valence-electron chi connectivity index (χ4n) is 3.29. The largest absolute Gasteiger partial charge is 0.374 e. The summed E-state index contributed by atoms with van der Waals surface area (Å²) in [7, 11) is 2.14. The van der Waals surface area contributed by atoms with E-state index in [9.17, 15) is 4.79 Å². The molecule has 1 aliphatic rings. The number of hydrogen-bond donors (Lipinski definition) is 1. The van der Waals surface area contributed by atoms with E-state index in [0.29, 0.717) is 11.8 Å². The Labute approximate surface area is 129 Å². The highest BCUT2D eigenvalue weighted by Crippen LogP contribution is 2.44. The van der Waals surface area contributed by atoms with E-state index in [0.717, 1.165) is 23.1 Å². The smallest absolute Gasteiger partial charge is 0.221 e. The number of nitrogens with one attached hydrogen (secondary N) is 1. The molecule has 1 aromatic rings. The molecule has 0 radical (unpaired) electrons. The minimum atomic E-state index is -0.0393. The maximum atomic E-state index is 11.3. The van der Waals surface area contributed by atoms with E-state index < -0.39 is 0 Å². The zero-order valence-electron chi connectivity index (χ0n) is 12.7. The van der Waals surface area contributed by atoms with Gasteiger partial charge in [0, 0.05) is 30.7 Å². The zero-order valence-corrected chi connectivity index (χ0v) is 14.3. The normalized spacial score (nSPS) is 21.6. The number of carbonyl (C=O) groups is 1. The third-order valence-electron chi connectivity index (χ3n) is 4.28. The fraction of sp³-hybridized carbons (Fsp3) is 0.562. The van der Waals surface area contributed by atoms with E-state index in [2.05, 4.69) is 59.2 Å². The number of carbonyl (C=O) groups excluding carboxylic acids is 1. The lowest BCUT2D eigenvalue weighted by Gasteiger charge is -2.39. The Kier molecular flexibility index (Phi) is 4.74. The number of anilines is 2. The van der Waals surface area contributed by atoms with Gasteiger partial charge < -0.3 is 10.2 Å². The molecular formula is C16H23BrN2O. The van der Waals surface area contributed by atoms with Crippen molar-refractivity contribution in [1.82, 2.24) is 0 Å². The van der Waals surface area contributed by atoms with Gasteiger partial charge >= 0.3 is 0 Å². The van der Waals surface area contributed by atoms with Gasteiger partial charge in [0.1, 0.15) is 0 Å². The summed E-state index contributed by atoms with van der Waals surface area (Å²) in [5, 5.41) is 2.89. The molecule has 2 atom stereocenters. The van der Waals surface area contributed by atoms with Crippen molar-refractivity contribution in [2.24, 2.45) is 5.92 Å². The molecule has 0 saturated carbocycles.